The van der Waals surface area contributed by atoms with Gasteiger partial charge in [0.2, 0.25) is 0 Å². The van der Waals surface area contributed by atoms with Gasteiger partial charge in [0.05, 0.1) is 10.6 Å². The van der Waals surface area contributed by atoms with Gasteiger partial charge >= 0.3 is 0 Å². The largest absolute Gasteiger partial charge is 0.508 e. The third-order valence-corrected chi connectivity index (χ3v) is 4.08. The standard InChI is InChI=1S/C10H14FNO3S/c1-10(11,6-12)7-16(14,15)9-4-2-8(13)3-5-9/h2-5,13H,6-7,12H2,1H3. The van der Waals surface area contributed by atoms with Crippen molar-refractivity contribution in [2.45, 2.75) is 17.5 Å². The third kappa shape index (κ3) is 3.18. The van der Waals surface area contributed by atoms with E-state index in [0.717, 1.165) is 6.92 Å². The molecule has 1 aromatic carbocycles. The van der Waals surface area contributed by atoms with E-state index in [1.165, 1.54) is 24.3 Å². The number of phenols is 1. The maximum absolute atomic E-state index is 13.5. The fraction of sp³-hybridized carbons (Fsp3) is 0.400. The van der Waals surface area contributed by atoms with E-state index in [-0.39, 0.29) is 17.2 Å². The van der Waals surface area contributed by atoms with Crippen molar-refractivity contribution in [1.82, 2.24) is 0 Å². The summed E-state index contributed by atoms with van der Waals surface area (Å²) in [6.07, 6.45) is 0. The number of phenolic OH excluding ortho intramolecular Hbond substituents is 1. The molecule has 0 bridgehead atoms. The summed E-state index contributed by atoms with van der Waals surface area (Å²) in [6.45, 7) is 0.787. The number of benzene rings is 1. The van der Waals surface area contributed by atoms with Crippen LogP contribution in [0.15, 0.2) is 29.2 Å². The summed E-state index contributed by atoms with van der Waals surface area (Å²) in [7, 11) is -3.71. The first-order valence-electron chi connectivity index (χ1n) is 4.68. The monoisotopic (exact) mass is 247 g/mol. The zero-order chi connectivity index (χ0) is 12.4. The predicted octanol–water partition coefficient (Wildman–Crippen LogP) is 0.853. The minimum absolute atomic E-state index is 0.0253. The second kappa shape index (κ2) is 4.39. The van der Waals surface area contributed by atoms with Gasteiger partial charge in [-0.05, 0) is 31.2 Å². The lowest BCUT2D eigenvalue weighted by Gasteiger charge is -2.17. The van der Waals surface area contributed by atoms with Crippen LogP contribution < -0.4 is 5.73 Å². The van der Waals surface area contributed by atoms with E-state index in [0.29, 0.717) is 0 Å². The first-order valence-corrected chi connectivity index (χ1v) is 6.33. The van der Waals surface area contributed by atoms with Crippen molar-refractivity contribution in [2.75, 3.05) is 12.3 Å². The topological polar surface area (TPSA) is 80.4 Å². The van der Waals surface area contributed by atoms with Crippen LogP contribution in [0.3, 0.4) is 0 Å². The molecule has 3 N–H and O–H groups in total. The van der Waals surface area contributed by atoms with E-state index in [2.05, 4.69) is 0 Å². The molecule has 1 atom stereocenters. The lowest BCUT2D eigenvalue weighted by molar-refractivity contribution is 0.231. The molecule has 1 unspecified atom stereocenters. The Morgan fingerprint density at radius 3 is 2.31 bits per heavy atom. The molecule has 1 rings (SSSR count). The molecule has 0 amide bonds. The van der Waals surface area contributed by atoms with Crippen molar-refractivity contribution in [3.63, 3.8) is 0 Å². The predicted molar refractivity (Wildman–Crippen MR) is 58.7 cm³/mol. The molecule has 0 fully saturated rings. The number of sulfone groups is 1. The molecule has 0 aliphatic heterocycles. The van der Waals surface area contributed by atoms with E-state index < -0.39 is 21.3 Å². The Kier molecular flexibility index (Phi) is 3.54. The normalized spacial score (nSPS) is 15.7. The summed E-state index contributed by atoms with van der Waals surface area (Å²) >= 11 is 0. The SMILES string of the molecule is CC(F)(CN)CS(=O)(=O)c1ccc(O)cc1. The number of hydrogen-bond donors (Lipinski definition) is 2. The van der Waals surface area contributed by atoms with E-state index in [9.17, 15) is 12.8 Å². The molecule has 6 heteroatoms. The van der Waals surface area contributed by atoms with Crippen molar-refractivity contribution in [2.24, 2.45) is 5.73 Å². The summed E-state index contributed by atoms with van der Waals surface area (Å²) in [6, 6.07) is 4.95. The number of aromatic hydroxyl groups is 1. The van der Waals surface area contributed by atoms with Gasteiger partial charge in [-0.3, -0.25) is 0 Å². The molecule has 90 valence electrons. The molecule has 0 radical (unpaired) electrons. The smallest absolute Gasteiger partial charge is 0.181 e. The average molecular weight is 247 g/mol. The molecule has 1 aromatic rings. The van der Waals surface area contributed by atoms with Crippen molar-refractivity contribution < 1.29 is 17.9 Å². The van der Waals surface area contributed by atoms with Crippen LogP contribution in [0, 0.1) is 0 Å². The van der Waals surface area contributed by atoms with Crippen molar-refractivity contribution in [3.8, 4) is 5.75 Å². The summed E-state index contributed by atoms with van der Waals surface area (Å²) in [5.74, 6) is -0.706. The third-order valence-electron chi connectivity index (χ3n) is 2.11. The minimum atomic E-state index is -3.71. The Labute approximate surface area is 93.8 Å². The van der Waals surface area contributed by atoms with Gasteiger partial charge in [-0.2, -0.15) is 0 Å². The van der Waals surface area contributed by atoms with Gasteiger partial charge in [0.25, 0.3) is 0 Å². The maximum Gasteiger partial charge on any atom is 0.181 e. The quantitative estimate of drug-likeness (QED) is 0.826. The molecule has 0 aromatic heterocycles. The van der Waals surface area contributed by atoms with Crippen molar-refractivity contribution in [3.05, 3.63) is 24.3 Å². The molecular formula is C10H14FNO3S. The zero-order valence-corrected chi connectivity index (χ0v) is 9.67. The zero-order valence-electron chi connectivity index (χ0n) is 8.85. The lowest BCUT2D eigenvalue weighted by Crippen LogP contribution is -2.37. The molecule has 0 aliphatic rings. The van der Waals surface area contributed by atoms with Crippen LogP contribution in [0.4, 0.5) is 4.39 Å². The van der Waals surface area contributed by atoms with Gasteiger partial charge in [-0.25, -0.2) is 12.8 Å². The van der Waals surface area contributed by atoms with Crippen LogP contribution in [0.5, 0.6) is 5.75 Å². The summed E-state index contributed by atoms with van der Waals surface area (Å²) in [4.78, 5) is -0.0253. The fourth-order valence-electron chi connectivity index (χ4n) is 1.19. The average Bonchev–Trinajstić information content (AvgIpc) is 2.17. The summed E-state index contributed by atoms with van der Waals surface area (Å²) < 4.78 is 37.0. The van der Waals surface area contributed by atoms with Crippen LogP contribution in [0.25, 0.3) is 0 Å². The van der Waals surface area contributed by atoms with Gasteiger partial charge in [0.1, 0.15) is 11.4 Å². The Balaban J connectivity index is 2.99. The van der Waals surface area contributed by atoms with Crippen LogP contribution >= 0.6 is 0 Å². The van der Waals surface area contributed by atoms with Gasteiger partial charge in [0, 0.05) is 6.54 Å². The van der Waals surface area contributed by atoms with Gasteiger partial charge < -0.3 is 10.8 Å². The number of halogens is 1. The second-order valence-corrected chi connectivity index (χ2v) is 5.86. The molecule has 16 heavy (non-hydrogen) atoms. The number of hydrogen-bond acceptors (Lipinski definition) is 4. The van der Waals surface area contributed by atoms with Crippen LogP contribution in [-0.4, -0.2) is 31.5 Å². The Bertz CT molecular complexity index is 453. The van der Waals surface area contributed by atoms with E-state index in [4.69, 9.17) is 10.8 Å². The highest BCUT2D eigenvalue weighted by molar-refractivity contribution is 7.91. The van der Waals surface area contributed by atoms with Crippen LogP contribution in [0.2, 0.25) is 0 Å². The van der Waals surface area contributed by atoms with Crippen molar-refractivity contribution in [1.29, 1.82) is 0 Å². The second-order valence-electron chi connectivity index (χ2n) is 3.87. The van der Waals surface area contributed by atoms with Crippen LogP contribution in [0.1, 0.15) is 6.92 Å². The first-order chi connectivity index (χ1) is 7.27. The number of nitrogens with two attached hydrogens (primary N) is 1. The highest BCUT2D eigenvalue weighted by atomic mass is 32.2. The Hall–Kier alpha value is -1.14. The minimum Gasteiger partial charge on any atom is -0.508 e. The maximum atomic E-state index is 13.5. The molecule has 0 saturated carbocycles. The molecule has 0 spiro atoms. The molecule has 0 aliphatic carbocycles. The van der Waals surface area contributed by atoms with E-state index in [1.54, 1.807) is 0 Å². The number of rotatable bonds is 4. The van der Waals surface area contributed by atoms with Gasteiger partial charge in [-0.15, -0.1) is 0 Å². The summed E-state index contributed by atoms with van der Waals surface area (Å²) in [5, 5.41) is 9.01. The molecule has 0 saturated heterocycles. The molecule has 4 nitrogen and oxygen atoms in total. The first kappa shape index (κ1) is 12.9. The lowest BCUT2D eigenvalue weighted by atomic mass is 10.2. The van der Waals surface area contributed by atoms with Crippen LogP contribution in [-0.2, 0) is 9.84 Å². The van der Waals surface area contributed by atoms with Gasteiger partial charge in [-0.1, -0.05) is 0 Å². The number of alkyl halides is 1. The molecular weight excluding hydrogens is 233 g/mol. The molecule has 0 heterocycles. The Morgan fingerprint density at radius 2 is 1.88 bits per heavy atom. The fourth-order valence-corrected chi connectivity index (χ4v) is 2.82. The Morgan fingerprint density at radius 1 is 1.38 bits per heavy atom. The van der Waals surface area contributed by atoms with E-state index in [1.807, 2.05) is 0 Å². The van der Waals surface area contributed by atoms with Crippen molar-refractivity contribution >= 4 is 9.84 Å². The van der Waals surface area contributed by atoms with Gasteiger partial charge in [0.15, 0.2) is 9.84 Å². The van der Waals surface area contributed by atoms with E-state index >= 15 is 0 Å². The summed E-state index contributed by atoms with van der Waals surface area (Å²) in [5.41, 5.74) is 3.19. The highest BCUT2D eigenvalue weighted by Crippen LogP contribution is 2.20. The highest BCUT2D eigenvalue weighted by Gasteiger charge is 2.30.